The van der Waals surface area contributed by atoms with Crippen LogP contribution in [-0.2, 0) is 0 Å². The largest absolute Gasteiger partial charge is 0.489 e. The topological polar surface area (TPSA) is 67.5 Å². The van der Waals surface area contributed by atoms with Crippen molar-refractivity contribution in [1.82, 2.24) is 0 Å². The van der Waals surface area contributed by atoms with Crippen molar-refractivity contribution in [1.29, 1.82) is 5.26 Å². The maximum atomic E-state index is 9.17. The highest BCUT2D eigenvalue weighted by Crippen LogP contribution is 2.23. The van der Waals surface area contributed by atoms with Gasteiger partial charge in [-0.3, -0.25) is 0 Å². The van der Waals surface area contributed by atoms with Crippen LogP contribution >= 0.6 is 0 Å². The minimum absolute atomic E-state index is 0.270. The standard InChI is InChI=1S/C13H17BN2O2/c1-10-3-2-6-16(9-10)12-4-5-13(14(17)18)11(7-12)8-15/h4-5,7,10,17-18H,2-3,6,9H2,1H3. The Morgan fingerprint density at radius 3 is 2.83 bits per heavy atom. The second-order valence-corrected chi connectivity index (χ2v) is 4.95. The molecule has 0 saturated carbocycles. The second-order valence-electron chi connectivity index (χ2n) is 4.95. The molecule has 0 spiro atoms. The van der Waals surface area contributed by atoms with Gasteiger partial charge < -0.3 is 14.9 Å². The first-order valence-corrected chi connectivity index (χ1v) is 6.27. The molecule has 1 unspecified atom stereocenters. The van der Waals surface area contributed by atoms with Crippen molar-refractivity contribution in [3.8, 4) is 6.07 Å². The molecule has 18 heavy (non-hydrogen) atoms. The van der Waals surface area contributed by atoms with Gasteiger partial charge in [0.2, 0.25) is 0 Å². The van der Waals surface area contributed by atoms with Crippen LogP contribution in [0.25, 0.3) is 0 Å². The third kappa shape index (κ3) is 2.66. The highest BCUT2D eigenvalue weighted by atomic mass is 16.4. The second kappa shape index (κ2) is 5.43. The molecule has 2 rings (SSSR count). The molecule has 1 aromatic rings. The molecular formula is C13H17BN2O2. The van der Waals surface area contributed by atoms with Crippen LogP contribution in [0.1, 0.15) is 25.3 Å². The predicted molar refractivity (Wildman–Crippen MR) is 71.6 cm³/mol. The highest BCUT2D eigenvalue weighted by Gasteiger charge is 2.20. The minimum Gasteiger partial charge on any atom is -0.423 e. The summed E-state index contributed by atoms with van der Waals surface area (Å²) in [5.74, 6) is 0.660. The van der Waals surface area contributed by atoms with Gasteiger partial charge in [-0.05, 0) is 36.4 Å². The van der Waals surface area contributed by atoms with E-state index < -0.39 is 7.12 Å². The zero-order chi connectivity index (χ0) is 13.1. The van der Waals surface area contributed by atoms with E-state index in [1.165, 1.54) is 6.42 Å². The van der Waals surface area contributed by atoms with Crippen molar-refractivity contribution in [2.24, 2.45) is 5.92 Å². The molecule has 0 bridgehead atoms. The lowest BCUT2D eigenvalue weighted by Crippen LogP contribution is -2.36. The fourth-order valence-electron chi connectivity index (χ4n) is 2.49. The van der Waals surface area contributed by atoms with Gasteiger partial charge in [-0.25, -0.2) is 0 Å². The first-order chi connectivity index (χ1) is 8.61. The Balaban J connectivity index is 2.27. The molecule has 1 heterocycles. The van der Waals surface area contributed by atoms with E-state index in [9.17, 15) is 0 Å². The molecule has 1 fully saturated rings. The van der Waals surface area contributed by atoms with Gasteiger partial charge in [0.15, 0.2) is 0 Å². The Bertz CT molecular complexity index is 471. The van der Waals surface area contributed by atoms with Crippen LogP contribution in [0.2, 0.25) is 0 Å². The predicted octanol–water partition coefficient (Wildman–Crippen LogP) is 0.474. The Labute approximate surface area is 108 Å². The van der Waals surface area contributed by atoms with Gasteiger partial charge >= 0.3 is 7.12 Å². The van der Waals surface area contributed by atoms with Crippen molar-refractivity contribution in [3.05, 3.63) is 23.8 Å². The van der Waals surface area contributed by atoms with Crippen molar-refractivity contribution >= 4 is 18.3 Å². The Morgan fingerprint density at radius 2 is 2.22 bits per heavy atom. The third-order valence-corrected chi connectivity index (χ3v) is 3.46. The molecule has 1 aliphatic heterocycles. The SMILES string of the molecule is CC1CCCN(c2ccc(B(O)O)c(C#N)c2)C1. The molecule has 4 nitrogen and oxygen atoms in total. The quantitative estimate of drug-likeness (QED) is 0.742. The lowest BCUT2D eigenvalue weighted by Gasteiger charge is -2.33. The molecule has 1 aromatic carbocycles. The van der Waals surface area contributed by atoms with Gasteiger partial charge in [-0.1, -0.05) is 13.0 Å². The van der Waals surface area contributed by atoms with E-state index in [1.807, 2.05) is 12.1 Å². The summed E-state index contributed by atoms with van der Waals surface area (Å²) < 4.78 is 0. The fraction of sp³-hybridized carbons (Fsp3) is 0.462. The summed E-state index contributed by atoms with van der Waals surface area (Å²) in [6, 6.07) is 7.24. The van der Waals surface area contributed by atoms with E-state index in [1.54, 1.807) is 12.1 Å². The van der Waals surface area contributed by atoms with Crippen LogP contribution < -0.4 is 10.4 Å². The number of anilines is 1. The van der Waals surface area contributed by atoms with Gasteiger partial charge in [-0.2, -0.15) is 5.26 Å². The van der Waals surface area contributed by atoms with E-state index >= 15 is 0 Å². The minimum atomic E-state index is -1.59. The fourth-order valence-corrected chi connectivity index (χ4v) is 2.49. The van der Waals surface area contributed by atoms with Gasteiger partial charge in [0, 0.05) is 18.8 Å². The summed E-state index contributed by atoms with van der Waals surface area (Å²) in [6.45, 7) is 4.21. The number of piperidine rings is 1. The smallest absolute Gasteiger partial charge is 0.423 e. The maximum Gasteiger partial charge on any atom is 0.489 e. The first kappa shape index (κ1) is 12.9. The van der Waals surface area contributed by atoms with Gasteiger partial charge in [0.1, 0.15) is 0 Å². The average molecular weight is 244 g/mol. The molecule has 0 aliphatic carbocycles. The molecule has 2 N–H and O–H groups in total. The maximum absolute atomic E-state index is 9.17. The van der Waals surface area contributed by atoms with E-state index in [2.05, 4.69) is 11.8 Å². The van der Waals surface area contributed by atoms with Crippen LogP contribution in [0.3, 0.4) is 0 Å². The van der Waals surface area contributed by atoms with Crippen LogP contribution in [0.15, 0.2) is 18.2 Å². The first-order valence-electron chi connectivity index (χ1n) is 6.27. The zero-order valence-electron chi connectivity index (χ0n) is 10.5. The van der Waals surface area contributed by atoms with Crippen LogP contribution in [0, 0.1) is 17.2 Å². The Morgan fingerprint density at radius 1 is 1.44 bits per heavy atom. The van der Waals surface area contributed by atoms with Crippen LogP contribution in [-0.4, -0.2) is 30.3 Å². The summed E-state index contributed by atoms with van der Waals surface area (Å²) in [4.78, 5) is 2.25. The van der Waals surface area contributed by atoms with Gasteiger partial charge in [-0.15, -0.1) is 0 Å². The monoisotopic (exact) mass is 244 g/mol. The van der Waals surface area contributed by atoms with E-state index in [-0.39, 0.29) is 5.46 Å². The van der Waals surface area contributed by atoms with Crippen LogP contribution in [0.4, 0.5) is 5.69 Å². The number of hydrogen-bond acceptors (Lipinski definition) is 4. The van der Waals surface area contributed by atoms with Crippen molar-refractivity contribution in [2.75, 3.05) is 18.0 Å². The summed E-state index contributed by atoms with van der Waals surface area (Å²) in [5, 5.41) is 27.4. The number of rotatable bonds is 2. The van der Waals surface area contributed by atoms with E-state index in [0.717, 1.165) is 25.2 Å². The molecule has 1 atom stereocenters. The molecule has 5 heteroatoms. The van der Waals surface area contributed by atoms with Crippen molar-refractivity contribution < 1.29 is 10.0 Å². The van der Waals surface area contributed by atoms with E-state index in [4.69, 9.17) is 15.3 Å². The third-order valence-electron chi connectivity index (χ3n) is 3.46. The van der Waals surface area contributed by atoms with E-state index in [0.29, 0.717) is 11.5 Å². The molecule has 1 saturated heterocycles. The average Bonchev–Trinajstić information content (AvgIpc) is 2.37. The summed E-state index contributed by atoms with van der Waals surface area (Å²) in [5.41, 5.74) is 1.59. The van der Waals surface area contributed by atoms with Gasteiger partial charge in [0.25, 0.3) is 0 Å². The lowest BCUT2D eigenvalue weighted by molar-refractivity contribution is 0.425. The molecular weight excluding hydrogens is 227 g/mol. The molecule has 0 aromatic heterocycles. The molecule has 1 aliphatic rings. The molecule has 0 amide bonds. The number of nitriles is 1. The Kier molecular flexibility index (Phi) is 3.90. The summed E-state index contributed by atoms with van der Waals surface area (Å²) in [7, 11) is -1.59. The van der Waals surface area contributed by atoms with Crippen molar-refractivity contribution in [3.63, 3.8) is 0 Å². The highest BCUT2D eigenvalue weighted by molar-refractivity contribution is 6.59. The Hall–Kier alpha value is -1.51. The van der Waals surface area contributed by atoms with Crippen molar-refractivity contribution in [2.45, 2.75) is 19.8 Å². The van der Waals surface area contributed by atoms with Gasteiger partial charge in [0.05, 0.1) is 11.6 Å². The lowest BCUT2D eigenvalue weighted by atomic mass is 9.77. The number of nitrogens with zero attached hydrogens (tertiary/aromatic N) is 2. The number of hydrogen-bond donors (Lipinski definition) is 2. The summed E-state index contributed by atoms with van der Waals surface area (Å²) in [6.07, 6.45) is 2.41. The summed E-state index contributed by atoms with van der Waals surface area (Å²) >= 11 is 0. The van der Waals surface area contributed by atoms with Crippen LogP contribution in [0.5, 0.6) is 0 Å². The zero-order valence-corrected chi connectivity index (χ0v) is 10.5. The number of benzene rings is 1. The normalized spacial score (nSPS) is 19.4. The molecule has 0 radical (unpaired) electrons. The molecule has 94 valence electrons.